The molecule has 3 rings (SSSR count). The summed E-state index contributed by atoms with van der Waals surface area (Å²) < 4.78 is 0. The van der Waals surface area contributed by atoms with E-state index in [1.54, 1.807) is 0 Å². The highest BCUT2D eigenvalue weighted by molar-refractivity contribution is 5.90. The molecule has 1 aromatic carbocycles. The molecule has 1 aromatic heterocycles. The number of fused-ring (bicyclic) bond motifs is 1. The average molecular weight is 242 g/mol. The summed E-state index contributed by atoms with van der Waals surface area (Å²) in [5.74, 6) is 0.743. The molecule has 1 heterocycles. The van der Waals surface area contributed by atoms with Gasteiger partial charge in [-0.2, -0.15) is 10.2 Å². The highest BCUT2D eigenvalue weighted by Gasteiger charge is 2.33. The highest BCUT2D eigenvalue weighted by atomic mass is 15.2. The van der Waals surface area contributed by atoms with Gasteiger partial charge in [0.15, 0.2) is 0 Å². The molecule has 0 amide bonds. The van der Waals surface area contributed by atoms with Crippen molar-refractivity contribution >= 4 is 16.6 Å². The van der Waals surface area contributed by atoms with E-state index in [1.165, 1.54) is 12.8 Å². The minimum atomic E-state index is 0.414. The number of nitrogens with two attached hydrogens (primary N) is 1. The standard InChI is InChI=1S/C14H18N4/c1-18(13(8-15)10-6-7-10)14-9-16-17-12-5-3-2-4-11(12)14/h2-5,9-10,13H,6-8,15H2,1H3. The lowest BCUT2D eigenvalue weighted by Gasteiger charge is -2.29. The summed E-state index contributed by atoms with van der Waals surface area (Å²) in [4.78, 5) is 2.27. The lowest BCUT2D eigenvalue weighted by molar-refractivity contribution is 0.571. The Labute approximate surface area is 107 Å². The SMILES string of the molecule is CN(c1cnnc2ccccc12)C(CN)C1CC1. The quantitative estimate of drug-likeness (QED) is 0.888. The molecule has 18 heavy (non-hydrogen) atoms. The van der Waals surface area contributed by atoms with Crippen molar-refractivity contribution in [2.45, 2.75) is 18.9 Å². The van der Waals surface area contributed by atoms with Crippen molar-refractivity contribution in [1.29, 1.82) is 0 Å². The van der Waals surface area contributed by atoms with Gasteiger partial charge in [-0.25, -0.2) is 0 Å². The molecule has 1 saturated carbocycles. The zero-order valence-corrected chi connectivity index (χ0v) is 10.6. The minimum absolute atomic E-state index is 0.414. The normalized spacial score (nSPS) is 16.8. The van der Waals surface area contributed by atoms with Gasteiger partial charge in [0.05, 0.1) is 17.4 Å². The van der Waals surface area contributed by atoms with E-state index >= 15 is 0 Å². The van der Waals surface area contributed by atoms with Gasteiger partial charge in [0, 0.05) is 25.0 Å². The summed E-state index contributed by atoms with van der Waals surface area (Å²) in [6.07, 6.45) is 4.43. The monoisotopic (exact) mass is 242 g/mol. The van der Waals surface area contributed by atoms with Gasteiger partial charge >= 0.3 is 0 Å². The van der Waals surface area contributed by atoms with Crippen LogP contribution in [0, 0.1) is 5.92 Å². The molecule has 2 N–H and O–H groups in total. The Morgan fingerprint density at radius 2 is 2.17 bits per heavy atom. The number of rotatable bonds is 4. The molecule has 4 nitrogen and oxygen atoms in total. The number of aromatic nitrogens is 2. The molecule has 1 aliphatic rings. The topological polar surface area (TPSA) is 55.0 Å². The molecule has 2 aromatic rings. The van der Waals surface area contributed by atoms with Gasteiger partial charge in [-0.3, -0.25) is 0 Å². The van der Waals surface area contributed by atoms with Gasteiger partial charge < -0.3 is 10.6 Å². The van der Waals surface area contributed by atoms with Crippen LogP contribution in [0.4, 0.5) is 5.69 Å². The summed E-state index contributed by atoms with van der Waals surface area (Å²) in [5, 5.41) is 9.41. The van der Waals surface area contributed by atoms with Crippen LogP contribution in [-0.4, -0.2) is 29.8 Å². The predicted octanol–water partition coefficient (Wildman–Crippen LogP) is 1.80. The van der Waals surface area contributed by atoms with Crippen molar-refractivity contribution in [3.63, 3.8) is 0 Å². The van der Waals surface area contributed by atoms with E-state index in [0.717, 1.165) is 22.5 Å². The molecule has 0 spiro atoms. The van der Waals surface area contributed by atoms with Gasteiger partial charge in [-0.1, -0.05) is 18.2 Å². The van der Waals surface area contributed by atoms with Gasteiger partial charge in [-0.05, 0) is 24.8 Å². The van der Waals surface area contributed by atoms with E-state index in [9.17, 15) is 0 Å². The first-order chi connectivity index (χ1) is 8.81. The van der Waals surface area contributed by atoms with Crippen molar-refractivity contribution in [3.05, 3.63) is 30.5 Å². The van der Waals surface area contributed by atoms with E-state index in [2.05, 4.69) is 28.2 Å². The van der Waals surface area contributed by atoms with Crippen molar-refractivity contribution in [1.82, 2.24) is 10.2 Å². The summed E-state index contributed by atoms with van der Waals surface area (Å²) in [6, 6.07) is 8.53. The second-order valence-electron chi connectivity index (χ2n) is 5.00. The number of likely N-dealkylation sites (N-methyl/N-ethyl adjacent to an activating group) is 1. The zero-order chi connectivity index (χ0) is 12.5. The van der Waals surface area contributed by atoms with Gasteiger partial charge in [-0.15, -0.1) is 0 Å². The summed E-state index contributed by atoms with van der Waals surface area (Å²) >= 11 is 0. The fourth-order valence-corrected chi connectivity index (χ4v) is 2.60. The van der Waals surface area contributed by atoms with Crippen LogP contribution >= 0.6 is 0 Å². The van der Waals surface area contributed by atoms with E-state index in [-0.39, 0.29) is 0 Å². The molecular weight excluding hydrogens is 224 g/mol. The third-order valence-corrected chi connectivity index (χ3v) is 3.81. The summed E-state index contributed by atoms with van der Waals surface area (Å²) in [7, 11) is 2.11. The molecule has 0 aliphatic heterocycles. The van der Waals surface area contributed by atoms with Crippen LogP contribution in [0.5, 0.6) is 0 Å². The van der Waals surface area contributed by atoms with Crippen molar-refractivity contribution < 1.29 is 0 Å². The number of benzene rings is 1. The van der Waals surface area contributed by atoms with Crippen LogP contribution in [0.2, 0.25) is 0 Å². The van der Waals surface area contributed by atoms with Crippen molar-refractivity contribution in [2.24, 2.45) is 11.7 Å². The van der Waals surface area contributed by atoms with E-state index in [0.29, 0.717) is 12.6 Å². The first-order valence-corrected chi connectivity index (χ1v) is 6.44. The number of hydrogen-bond acceptors (Lipinski definition) is 4. The number of nitrogens with zero attached hydrogens (tertiary/aromatic N) is 3. The molecule has 1 fully saturated rings. The van der Waals surface area contributed by atoms with E-state index in [1.807, 2.05) is 24.4 Å². The first-order valence-electron chi connectivity index (χ1n) is 6.44. The smallest absolute Gasteiger partial charge is 0.0950 e. The minimum Gasteiger partial charge on any atom is -0.368 e. The van der Waals surface area contributed by atoms with Crippen LogP contribution in [0.3, 0.4) is 0 Å². The van der Waals surface area contributed by atoms with E-state index in [4.69, 9.17) is 5.73 Å². The third kappa shape index (κ3) is 1.93. The molecule has 4 heteroatoms. The largest absolute Gasteiger partial charge is 0.368 e. The fraction of sp³-hybridized carbons (Fsp3) is 0.429. The van der Waals surface area contributed by atoms with Crippen LogP contribution in [0.25, 0.3) is 10.9 Å². The number of hydrogen-bond donors (Lipinski definition) is 1. The molecule has 0 bridgehead atoms. The van der Waals surface area contributed by atoms with Crippen molar-refractivity contribution in [3.8, 4) is 0 Å². The van der Waals surface area contributed by atoms with Gasteiger partial charge in [0.25, 0.3) is 0 Å². The lowest BCUT2D eigenvalue weighted by Crippen LogP contribution is -2.39. The molecule has 1 unspecified atom stereocenters. The molecular formula is C14H18N4. The first kappa shape index (κ1) is 11.4. The number of anilines is 1. The predicted molar refractivity (Wildman–Crippen MR) is 73.5 cm³/mol. The maximum Gasteiger partial charge on any atom is 0.0950 e. The summed E-state index contributed by atoms with van der Waals surface area (Å²) in [5.41, 5.74) is 7.98. The fourth-order valence-electron chi connectivity index (χ4n) is 2.60. The zero-order valence-electron chi connectivity index (χ0n) is 10.6. The Kier molecular flexibility index (Phi) is 2.88. The van der Waals surface area contributed by atoms with Crippen LogP contribution in [0.1, 0.15) is 12.8 Å². The van der Waals surface area contributed by atoms with Gasteiger partial charge in [0.2, 0.25) is 0 Å². The Balaban J connectivity index is 2.02. The third-order valence-electron chi connectivity index (χ3n) is 3.81. The second kappa shape index (κ2) is 4.53. The Morgan fingerprint density at radius 1 is 1.39 bits per heavy atom. The van der Waals surface area contributed by atoms with E-state index < -0.39 is 0 Å². The van der Waals surface area contributed by atoms with Gasteiger partial charge in [0.1, 0.15) is 0 Å². The van der Waals surface area contributed by atoms with Crippen molar-refractivity contribution in [2.75, 3.05) is 18.5 Å². The second-order valence-corrected chi connectivity index (χ2v) is 5.00. The molecule has 1 aliphatic carbocycles. The Hall–Kier alpha value is -1.68. The molecule has 0 radical (unpaired) electrons. The van der Waals surface area contributed by atoms with Crippen LogP contribution < -0.4 is 10.6 Å². The Bertz CT molecular complexity index is 545. The molecule has 1 atom stereocenters. The molecule has 0 saturated heterocycles. The Morgan fingerprint density at radius 3 is 2.89 bits per heavy atom. The maximum atomic E-state index is 5.92. The molecule has 94 valence electrons. The maximum absolute atomic E-state index is 5.92. The average Bonchev–Trinajstić information content (AvgIpc) is 3.23. The highest BCUT2D eigenvalue weighted by Crippen LogP contribution is 2.37. The lowest BCUT2D eigenvalue weighted by atomic mass is 10.1. The van der Waals surface area contributed by atoms with Crippen LogP contribution in [0.15, 0.2) is 30.5 Å². The van der Waals surface area contributed by atoms with Crippen LogP contribution in [-0.2, 0) is 0 Å². The summed E-state index contributed by atoms with van der Waals surface area (Å²) in [6.45, 7) is 0.692.